The van der Waals surface area contributed by atoms with E-state index in [1.807, 2.05) is 6.92 Å². The minimum atomic E-state index is -3.65. The number of halogens is 1. The van der Waals surface area contributed by atoms with Crippen molar-refractivity contribution in [3.05, 3.63) is 28.2 Å². The average Bonchev–Trinajstić information content (AvgIpc) is 2.41. The van der Waals surface area contributed by atoms with Gasteiger partial charge in [-0.05, 0) is 53.9 Å². The summed E-state index contributed by atoms with van der Waals surface area (Å²) < 4.78 is 32.2. The highest BCUT2D eigenvalue weighted by molar-refractivity contribution is 9.10. The molecule has 1 aliphatic rings. The van der Waals surface area contributed by atoms with E-state index in [2.05, 4.69) is 15.9 Å². The molecule has 1 aliphatic carbocycles. The van der Waals surface area contributed by atoms with Gasteiger partial charge in [0.05, 0.1) is 16.6 Å². The second-order valence-corrected chi connectivity index (χ2v) is 8.02. The summed E-state index contributed by atoms with van der Waals surface area (Å²) in [5.41, 5.74) is 0.0293. The fourth-order valence-electron chi connectivity index (χ4n) is 2.40. The molecular formula is C14H18BrNO5S. The van der Waals surface area contributed by atoms with Gasteiger partial charge in [-0.15, -0.1) is 0 Å². The molecule has 6 nitrogen and oxygen atoms in total. The van der Waals surface area contributed by atoms with Crippen LogP contribution in [0.5, 0.6) is 0 Å². The molecule has 0 amide bonds. The third kappa shape index (κ3) is 3.34. The van der Waals surface area contributed by atoms with Gasteiger partial charge in [0.25, 0.3) is 0 Å². The van der Waals surface area contributed by atoms with E-state index in [1.165, 1.54) is 22.5 Å². The monoisotopic (exact) mass is 391 g/mol. The highest BCUT2D eigenvalue weighted by atomic mass is 79.9. The average molecular weight is 392 g/mol. The molecule has 1 saturated carbocycles. The number of nitrogens with zero attached hydrogens (tertiary/aromatic N) is 1. The van der Waals surface area contributed by atoms with Crippen LogP contribution in [0.2, 0.25) is 0 Å². The fourth-order valence-corrected chi connectivity index (χ4v) is 4.50. The van der Waals surface area contributed by atoms with Crippen molar-refractivity contribution in [2.45, 2.75) is 36.8 Å². The Morgan fingerprint density at radius 3 is 2.59 bits per heavy atom. The fraction of sp³-hybridized carbons (Fsp3) is 0.500. The van der Waals surface area contributed by atoms with Gasteiger partial charge < -0.3 is 9.84 Å². The number of sulfonamides is 1. The molecule has 0 spiro atoms. The molecule has 0 unspecified atom stereocenters. The van der Waals surface area contributed by atoms with Crippen molar-refractivity contribution in [2.75, 3.05) is 13.7 Å². The molecule has 122 valence electrons. The SMILES string of the molecule is CCOC1CC(N(C)S(=O)(=O)c2ccc(C(=O)O)c(Br)c2)C1. The largest absolute Gasteiger partial charge is 0.478 e. The Labute approximate surface area is 138 Å². The number of carbonyl (C=O) groups is 1. The second kappa shape index (κ2) is 6.66. The van der Waals surface area contributed by atoms with Crippen LogP contribution in [0.4, 0.5) is 0 Å². The lowest BCUT2D eigenvalue weighted by Gasteiger charge is -2.39. The summed E-state index contributed by atoms with van der Waals surface area (Å²) in [5.74, 6) is -1.11. The van der Waals surface area contributed by atoms with Crippen molar-refractivity contribution in [1.29, 1.82) is 0 Å². The molecule has 0 aromatic heterocycles. The van der Waals surface area contributed by atoms with Crippen molar-refractivity contribution in [1.82, 2.24) is 4.31 Å². The van der Waals surface area contributed by atoms with Crippen LogP contribution in [0.15, 0.2) is 27.6 Å². The Hall–Kier alpha value is -0.960. The number of hydrogen-bond donors (Lipinski definition) is 1. The highest BCUT2D eigenvalue weighted by Crippen LogP contribution is 2.32. The first-order valence-electron chi connectivity index (χ1n) is 6.89. The zero-order valence-electron chi connectivity index (χ0n) is 12.3. The number of aromatic carboxylic acids is 1. The molecule has 1 N–H and O–H groups in total. The van der Waals surface area contributed by atoms with Crippen LogP contribution in [0, 0.1) is 0 Å². The van der Waals surface area contributed by atoms with Gasteiger partial charge in [-0.2, -0.15) is 4.31 Å². The Kier molecular flexibility index (Phi) is 5.26. The molecule has 1 fully saturated rings. The summed E-state index contributed by atoms with van der Waals surface area (Å²) in [6, 6.07) is 3.85. The molecule has 0 bridgehead atoms. The Balaban J connectivity index is 2.17. The van der Waals surface area contributed by atoms with E-state index in [0.717, 1.165) is 0 Å². The second-order valence-electron chi connectivity index (χ2n) is 5.17. The number of ether oxygens (including phenoxy) is 1. The predicted octanol–water partition coefficient (Wildman–Crippen LogP) is 2.34. The number of benzene rings is 1. The van der Waals surface area contributed by atoms with Crippen LogP contribution in [-0.4, -0.2) is 49.6 Å². The summed E-state index contributed by atoms with van der Waals surface area (Å²) in [6.45, 7) is 2.53. The zero-order valence-corrected chi connectivity index (χ0v) is 14.7. The van der Waals surface area contributed by atoms with Crippen LogP contribution < -0.4 is 0 Å². The number of carboxylic acids is 1. The van der Waals surface area contributed by atoms with E-state index in [0.29, 0.717) is 19.4 Å². The van der Waals surface area contributed by atoms with Crippen LogP contribution in [-0.2, 0) is 14.8 Å². The van der Waals surface area contributed by atoms with Crippen LogP contribution >= 0.6 is 15.9 Å². The van der Waals surface area contributed by atoms with Crippen LogP contribution in [0.1, 0.15) is 30.1 Å². The number of rotatable bonds is 6. The maximum absolute atomic E-state index is 12.6. The molecule has 8 heteroatoms. The lowest BCUT2D eigenvalue weighted by Crippen LogP contribution is -2.48. The van der Waals surface area contributed by atoms with E-state index in [1.54, 1.807) is 7.05 Å². The summed E-state index contributed by atoms with van der Waals surface area (Å²) in [7, 11) is -2.10. The molecule has 0 atom stereocenters. The van der Waals surface area contributed by atoms with Gasteiger partial charge >= 0.3 is 5.97 Å². The smallest absolute Gasteiger partial charge is 0.336 e. The van der Waals surface area contributed by atoms with Crippen molar-refractivity contribution >= 4 is 31.9 Å². The molecule has 22 heavy (non-hydrogen) atoms. The quantitative estimate of drug-likeness (QED) is 0.804. The Morgan fingerprint density at radius 2 is 2.09 bits per heavy atom. The predicted molar refractivity (Wildman–Crippen MR) is 84.5 cm³/mol. The van der Waals surface area contributed by atoms with Crippen LogP contribution in [0.25, 0.3) is 0 Å². The van der Waals surface area contributed by atoms with Gasteiger partial charge in [0, 0.05) is 24.2 Å². The first-order valence-corrected chi connectivity index (χ1v) is 9.13. The van der Waals surface area contributed by atoms with Crippen LogP contribution in [0.3, 0.4) is 0 Å². The molecule has 1 aromatic carbocycles. The van der Waals surface area contributed by atoms with Crippen molar-refractivity contribution in [2.24, 2.45) is 0 Å². The molecule has 0 radical (unpaired) electrons. The minimum Gasteiger partial charge on any atom is -0.478 e. The molecular weight excluding hydrogens is 374 g/mol. The molecule has 0 heterocycles. The third-order valence-corrected chi connectivity index (χ3v) is 6.40. The van der Waals surface area contributed by atoms with E-state index in [-0.39, 0.29) is 27.1 Å². The molecule has 2 rings (SSSR count). The maximum atomic E-state index is 12.6. The van der Waals surface area contributed by atoms with Crippen molar-refractivity contribution < 1.29 is 23.1 Å². The Bertz CT molecular complexity index is 670. The first-order chi connectivity index (χ1) is 10.3. The van der Waals surface area contributed by atoms with Gasteiger partial charge in [0.15, 0.2) is 0 Å². The number of carboxylic acid groups (broad SMARTS) is 1. The normalized spacial score (nSPS) is 21.6. The standard InChI is InChI=1S/C14H18BrNO5S/c1-3-21-10-6-9(7-10)16(2)22(19,20)11-4-5-12(14(17)18)13(15)8-11/h4-5,8-10H,3,6-7H2,1-2H3,(H,17,18). The molecule has 1 aromatic rings. The third-order valence-electron chi connectivity index (χ3n) is 3.83. The highest BCUT2D eigenvalue weighted by Gasteiger charge is 2.38. The van der Waals surface area contributed by atoms with Crippen molar-refractivity contribution in [3.8, 4) is 0 Å². The number of hydrogen-bond acceptors (Lipinski definition) is 4. The summed E-state index contributed by atoms with van der Waals surface area (Å²) in [4.78, 5) is 11.0. The van der Waals surface area contributed by atoms with E-state index < -0.39 is 16.0 Å². The summed E-state index contributed by atoms with van der Waals surface area (Å²) in [6.07, 6.45) is 1.48. The minimum absolute atomic E-state index is 0.0293. The molecule has 0 aliphatic heterocycles. The lowest BCUT2D eigenvalue weighted by atomic mass is 9.89. The lowest BCUT2D eigenvalue weighted by molar-refractivity contribution is -0.0238. The van der Waals surface area contributed by atoms with Gasteiger partial charge in [-0.25, -0.2) is 13.2 Å². The maximum Gasteiger partial charge on any atom is 0.336 e. The summed E-state index contributed by atoms with van der Waals surface area (Å²) >= 11 is 3.10. The van der Waals surface area contributed by atoms with E-state index >= 15 is 0 Å². The van der Waals surface area contributed by atoms with E-state index in [9.17, 15) is 13.2 Å². The first kappa shape index (κ1) is 17.4. The van der Waals surface area contributed by atoms with Gasteiger partial charge in [0.2, 0.25) is 10.0 Å². The van der Waals surface area contributed by atoms with Gasteiger partial charge in [-0.3, -0.25) is 0 Å². The summed E-state index contributed by atoms with van der Waals surface area (Å²) in [5, 5.41) is 8.98. The molecule has 0 saturated heterocycles. The topological polar surface area (TPSA) is 83.9 Å². The zero-order chi connectivity index (χ0) is 16.5. The van der Waals surface area contributed by atoms with E-state index in [4.69, 9.17) is 9.84 Å². The van der Waals surface area contributed by atoms with Crippen molar-refractivity contribution in [3.63, 3.8) is 0 Å². The van der Waals surface area contributed by atoms with Gasteiger partial charge in [-0.1, -0.05) is 0 Å². The van der Waals surface area contributed by atoms with Gasteiger partial charge in [0.1, 0.15) is 0 Å². The Morgan fingerprint density at radius 1 is 1.45 bits per heavy atom.